The number of hydrogen-bond acceptors (Lipinski definition) is 2. The largest absolute Gasteiger partial charge is 0.462 e. The molecule has 0 saturated carbocycles. The molecule has 0 amide bonds. The molecule has 0 aliphatic carbocycles. The molecule has 0 bridgehead atoms. The number of unbranched alkanes of at least 4 members (excludes halogenated alkanes) is 6. The molecule has 0 aliphatic heterocycles. The lowest BCUT2D eigenvalue weighted by atomic mass is 9.89. The van der Waals surface area contributed by atoms with Gasteiger partial charge in [0.2, 0.25) is 0 Å². The summed E-state index contributed by atoms with van der Waals surface area (Å²) in [5.41, 5.74) is 0.455. The Hall–Kier alpha value is -0.530. The molecule has 0 fully saturated rings. The minimum absolute atomic E-state index is 0.0121. The standard InChI is InChI=1S/C20H40O2/c1-6-8-12-15-18(7-2)22-19(21)16-13-10-9-11-14-17-20(3,4)5/h18H,6-17H2,1-5H3. The molecule has 2 heteroatoms. The van der Waals surface area contributed by atoms with Crippen LogP contribution in [-0.4, -0.2) is 12.1 Å². The Morgan fingerprint density at radius 1 is 0.909 bits per heavy atom. The van der Waals surface area contributed by atoms with Gasteiger partial charge in [-0.3, -0.25) is 4.79 Å². The van der Waals surface area contributed by atoms with E-state index in [1.165, 1.54) is 44.9 Å². The molecule has 0 aromatic heterocycles. The van der Waals surface area contributed by atoms with Crippen molar-refractivity contribution in [2.45, 2.75) is 118 Å². The lowest BCUT2D eigenvalue weighted by Crippen LogP contribution is -2.17. The summed E-state index contributed by atoms with van der Waals surface area (Å²) in [5.74, 6) is 0.0121. The van der Waals surface area contributed by atoms with Crippen LogP contribution in [0.5, 0.6) is 0 Å². The van der Waals surface area contributed by atoms with Gasteiger partial charge in [0.1, 0.15) is 6.10 Å². The Morgan fingerprint density at radius 2 is 1.55 bits per heavy atom. The monoisotopic (exact) mass is 312 g/mol. The first kappa shape index (κ1) is 21.5. The number of rotatable bonds is 13. The molecule has 0 aliphatic rings. The van der Waals surface area contributed by atoms with Gasteiger partial charge in [-0.05, 0) is 37.5 Å². The Bertz CT molecular complexity index is 265. The van der Waals surface area contributed by atoms with Gasteiger partial charge in [0.15, 0.2) is 0 Å². The predicted molar refractivity (Wildman–Crippen MR) is 96.1 cm³/mol. The highest BCUT2D eigenvalue weighted by Crippen LogP contribution is 2.22. The maximum Gasteiger partial charge on any atom is 0.306 e. The van der Waals surface area contributed by atoms with Crippen LogP contribution in [-0.2, 0) is 9.53 Å². The zero-order valence-corrected chi connectivity index (χ0v) is 15.9. The molecule has 0 heterocycles. The van der Waals surface area contributed by atoms with Gasteiger partial charge in [-0.2, -0.15) is 0 Å². The molecule has 0 aromatic carbocycles. The van der Waals surface area contributed by atoms with Crippen LogP contribution >= 0.6 is 0 Å². The summed E-state index contributed by atoms with van der Waals surface area (Å²) in [4.78, 5) is 11.8. The third-order valence-electron chi connectivity index (χ3n) is 4.19. The Kier molecular flexibility index (Phi) is 12.6. The van der Waals surface area contributed by atoms with Crippen molar-refractivity contribution in [3.63, 3.8) is 0 Å². The van der Waals surface area contributed by atoms with Gasteiger partial charge >= 0.3 is 5.97 Å². The molecule has 0 radical (unpaired) electrons. The number of esters is 1. The first-order valence-corrected chi connectivity index (χ1v) is 9.58. The van der Waals surface area contributed by atoms with Crippen LogP contribution in [0.25, 0.3) is 0 Å². The summed E-state index contributed by atoms with van der Waals surface area (Å²) in [6.45, 7) is 11.2. The number of ether oxygens (including phenoxy) is 1. The summed E-state index contributed by atoms with van der Waals surface area (Å²) in [6.07, 6.45) is 13.6. The van der Waals surface area contributed by atoms with Crippen LogP contribution in [0.3, 0.4) is 0 Å². The first-order valence-electron chi connectivity index (χ1n) is 9.58. The SMILES string of the molecule is CCCCCC(CC)OC(=O)CCCCCCCC(C)(C)C. The molecule has 0 saturated heterocycles. The average Bonchev–Trinajstić information content (AvgIpc) is 2.44. The molecule has 0 rings (SSSR count). The van der Waals surface area contributed by atoms with E-state index in [1.807, 2.05) is 0 Å². The molecule has 0 aromatic rings. The van der Waals surface area contributed by atoms with E-state index in [4.69, 9.17) is 4.74 Å². The van der Waals surface area contributed by atoms with Crippen LogP contribution in [0.2, 0.25) is 0 Å². The molecular weight excluding hydrogens is 272 g/mol. The number of hydrogen-bond donors (Lipinski definition) is 0. The topological polar surface area (TPSA) is 26.3 Å². The summed E-state index contributed by atoms with van der Waals surface area (Å²) in [6, 6.07) is 0. The third kappa shape index (κ3) is 14.4. The average molecular weight is 313 g/mol. The minimum atomic E-state index is 0.0121. The van der Waals surface area contributed by atoms with Crippen LogP contribution in [0.4, 0.5) is 0 Å². The van der Waals surface area contributed by atoms with E-state index in [1.54, 1.807) is 0 Å². The highest BCUT2D eigenvalue weighted by Gasteiger charge is 2.12. The quantitative estimate of drug-likeness (QED) is 0.280. The van der Waals surface area contributed by atoms with Gasteiger partial charge in [0.25, 0.3) is 0 Å². The maximum absolute atomic E-state index is 11.8. The van der Waals surface area contributed by atoms with E-state index in [2.05, 4.69) is 34.6 Å². The van der Waals surface area contributed by atoms with Crippen molar-refractivity contribution in [1.82, 2.24) is 0 Å². The smallest absolute Gasteiger partial charge is 0.306 e. The molecule has 2 nitrogen and oxygen atoms in total. The second-order valence-corrected chi connectivity index (χ2v) is 7.84. The van der Waals surface area contributed by atoms with Crippen molar-refractivity contribution in [2.75, 3.05) is 0 Å². The number of carbonyl (C=O) groups is 1. The minimum Gasteiger partial charge on any atom is -0.462 e. The molecule has 0 N–H and O–H groups in total. The fraction of sp³-hybridized carbons (Fsp3) is 0.950. The first-order chi connectivity index (χ1) is 10.4. The summed E-state index contributed by atoms with van der Waals surface area (Å²) >= 11 is 0. The third-order valence-corrected chi connectivity index (χ3v) is 4.19. The van der Waals surface area contributed by atoms with Gasteiger partial charge in [0, 0.05) is 6.42 Å². The molecule has 1 atom stereocenters. The van der Waals surface area contributed by atoms with E-state index in [-0.39, 0.29) is 12.1 Å². The van der Waals surface area contributed by atoms with Gasteiger partial charge < -0.3 is 4.74 Å². The highest BCUT2D eigenvalue weighted by atomic mass is 16.5. The van der Waals surface area contributed by atoms with E-state index in [0.717, 1.165) is 25.7 Å². The Labute approximate surface area is 139 Å². The molecular formula is C20H40O2. The van der Waals surface area contributed by atoms with Crippen LogP contribution in [0, 0.1) is 5.41 Å². The van der Waals surface area contributed by atoms with Gasteiger partial charge in [-0.15, -0.1) is 0 Å². The number of carbonyl (C=O) groups excluding carboxylic acids is 1. The van der Waals surface area contributed by atoms with Crippen molar-refractivity contribution in [2.24, 2.45) is 5.41 Å². The summed E-state index contributed by atoms with van der Waals surface area (Å²) in [7, 11) is 0. The van der Waals surface area contributed by atoms with E-state index in [0.29, 0.717) is 11.8 Å². The molecule has 132 valence electrons. The molecule has 1 unspecified atom stereocenters. The van der Waals surface area contributed by atoms with E-state index < -0.39 is 0 Å². The second-order valence-electron chi connectivity index (χ2n) is 7.84. The lowest BCUT2D eigenvalue weighted by Gasteiger charge is -2.17. The van der Waals surface area contributed by atoms with Crippen molar-refractivity contribution in [3.8, 4) is 0 Å². The highest BCUT2D eigenvalue weighted by molar-refractivity contribution is 5.69. The fourth-order valence-corrected chi connectivity index (χ4v) is 2.67. The van der Waals surface area contributed by atoms with Crippen molar-refractivity contribution < 1.29 is 9.53 Å². The zero-order valence-electron chi connectivity index (χ0n) is 15.9. The van der Waals surface area contributed by atoms with Gasteiger partial charge in [-0.1, -0.05) is 73.1 Å². The Balaban J connectivity index is 3.55. The summed E-state index contributed by atoms with van der Waals surface area (Å²) in [5, 5.41) is 0. The zero-order chi connectivity index (χ0) is 16.8. The van der Waals surface area contributed by atoms with Crippen LogP contribution < -0.4 is 0 Å². The summed E-state index contributed by atoms with van der Waals surface area (Å²) < 4.78 is 5.58. The van der Waals surface area contributed by atoms with Crippen molar-refractivity contribution in [3.05, 3.63) is 0 Å². The van der Waals surface area contributed by atoms with Crippen LogP contribution in [0.1, 0.15) is 112 Å². The maximum atomic E-state index is 11.8. The normalized spacial score (nSPS) is 13.1. The Morgan fingerprint density at radius 3 is 2.14 bits per heavy atom. The second kappa shape index (κ2) is 13.0. The van der Waals surface area contributed by atoms with E-state index >= 15 is 0 Å². The molecule has 0 spiro atoms. The van der Waals surface area contributed by atoms with Crippen molar-refractivity contribution in [1.29, 1.82) is 0 Å². The van der Waals surface area contributed by atoms with E-state index in [9.17, 15) is 4.79 Å². The fourth-order valence-electron chi connectivity index (χ4n) is 2.67. The van der Waals surface area contributed by atoms with Crippen LogP contribution in [0.15, 0.2) is 0 Å². The molecule has 22 heavy (non-hydrogen) atoms. The lowest BCUT2D eigenvalue weighted by molar-refractivity contribution is -0.149. The predicted octanol–water partition coefficient (Wildman–Crippen LogP) is 6.67. The van der Waals surface area contributed by atoms with Crippen molar-refractivity contribution >= 4 is 5.97 Å². The van der Waals surface area contributed by atoms with Gasteiger partial charge in [0.05, 0.1) is 0 Å². The van der Waals surface area contributed by atoms with Gasteiger partial charge in [-0.25, -0.2) is 0 Å².